The topological polar surface area (TPSA) is 26.3 Å². The lowest BCUT2D eigenvalue weighted by Crippen LogP contribution is -2.27. The maximum Gasteiger partial charge on any atom is 0.314 e. The van der Waals surface area contributed by atoms with E-state index >= 15 is 0 Å². The highest BCUT2D eigenvalue weighted by atomic mass is 35.5. The van der Waals surface area contributed by atoms with Gasteiger partial charge in [0.1, 0.15) is 0 Å². The summed E-state index contributed by atoms with van der Waals surface area (Å²) in [6.45, 7) is 0. The average molecular weight is 485 g/mol. The monoisotopic (exact) mass is 484 g/mol. The quantitative estimate of drug-likeness (QED) is 0.268. The molecule has 0 amide bonds. The van der Waals surface area contributed by atoms with Crippen molar-refractivity contribution in [3.63, 3.8) is 0 Å². The Labute approximate surface area is 209 Å². The first kappa shape index (κ1) is 22.5. The maximum atomic E-state index is 13.3. The zero-order chi connectivity index (χ0) is 23.5. The molecule has 168 valence electrons. The number of rotatable bonds is 5. The Hall–Kier alpha value is -3.33. The molecule has 0 aromatic heterocycles. The molecule has 5 rings (SSSR count). The standard InChI is InChI=1S/C30H22Cl2O2/c31-26-15-11-22(12-16-26)28(21-7-3-1-4-8-21)19-23-20-30(34-29(23)33,24-9-5-2-6-10-24)25-13-17-27(32)18-14-25/h1-19,23H,20H2/b28-19-/t23-,30-/m1/s1. The molecule has 0 bridgehead atoms. The Bertz CT molecular complexity index is 1310. The maximum absolute atomic E-state index is 13.3. The van der Waals surface area contributed by atoms with E-state index in [9.17, 15) is 4.79 Å². The molecular formula is C30H22Cl2O2. The van der Waals surface area contributed by atoms with Crippen LogP contribution in [-0.4, -0.2) is 5.97 Å². The predicted molar refractivity (Wildman–Crippen MR) is 138 cm³/mol. The van der Waals surface area contributed by atoms with Crippen molar-refractivity contribution < 1.29 is 9.53 Å². The van der Waals surface area contributed by atoms with Crippen molar-refractivity contribution in [2.24, 2.45) is 5.92 Å². The third-order valence-electron chi connectivity index (χ3n) is 6.24. The van der Waals surface area contributed by atoms with Crippen LogP contribution >= 0.6 is 23.2 Å². The second-order valence-corrected chi connectivity index (χ2v) is 9.26. The van der Waals surface area contributed by atoms with Gasteiger partial charge >= 0.3 is 5.97 Å². The van der Waals surface area contributed by atoms with Crippen LogP contribution in [0.1, 0.15) is 28.7 Å². The first-order chi connectivity index (χ1) is 16.5. The fourth-order valence-corrected chi connectivity index (χ4v) is 4.82. The molecule has 1 heterocycles. The summed E-state index contributed by atoms with van der Waals surface area (Å²) in [5, 5.41) is 1.31. The molecule has 1 aliphatic heterocycles. The first-order valence-electron chi connectivity index (χ1n) is 11.1. The van der Waals surface area contributed by atoms with Crippen LogP contribution in [0.4, 0.5) is 0 Å². The van der Waals surface area contributed by atoms with Crippen LogP contribution in [0.5, 0.6) is 0 Å². The van der Waals surface area contributed by atoms with Crippen molar-refractivity contribution in [1.29, 1.82) is 0 Å². The molecule has 1 fully saturated rings. The highest BCUT2D eigenvalue weighted by molar-refractivity contribution is 6.30. The third kappa shape index (κ3) is 4.40. The average Bonchev–Trinajstić information content (AvgIpc) is 3.21. The summed E-state index contributed by atoms with van der Waals surface area (Å²) >= 11 is 12.3. The molecule has 1 aliphatic rings. The smallest absolute Gasteiger partial charge is 0.314 e. The van der Waals surface area contributed by atoms with Gasteiger partial charge in [-0.3, -0.25) is 4.79 Å². The van der Waals surface area contributed by atoms with Gasteiger partial charge in [-0.1, -0.05) is 114 Å². The lowest BCUT2D eigenvalue weighted by Gasteiger charge is -2.29. The van der Waals surface area contributed by atoms with E-state index in [0.29, 0.717) is 16.5 Å². The van der Waals surface area contributed by atoms with E-state index in [2.05, 4.69) is 0 Å². The number of carbonyl (C=O) groups excluding carboxylic acids is 1. The van der Waals surface area contributed by atoms with Crippen molar-refractivity contribution in [3.8, 4) is 0 Å². The summed E-state index contributed by atoms with van der Waals surface area (Å²) in [7, 11) is 0. The van der Waals surface area contributed by atoms with Gasteiger partial charge in [0.15, 0.2) is 5.60 Å². The third-order valence-corrected chi connectivity index (χ3v) is 6.75. The lowest BCUT2D eigenvalue weighted by molar-refractivity contribution is -0.147. The molecule has 0 unspecified atom stereocenters. The zero-order valence-electron chi connectivity index (χ0n) is 18.3. The highest BCUT2D eigenvalue weighted by Gasteiger charge is 2.48. The van der Waals surface area contributed by atoms with Crippen LogP contribution in [0, 0.1) is 5.92 Å². The summed E-state index contributed by atoms with van der Waals surface area (Å²) in [6, 6.07) is 35.2. The van der Waals surface area contributed by atoms with Crippen molar-refractivity contribution in [2.45, 2.75) is 12.0 Å². The van der Waals surface area contributed by atoms with Crippen molar-refractivity contribution in [2.75, 3.05) is 0 Å². The minimum atomic E-state index is -0.883. The van der Waals surface area contributed by atoms with Gasteiger partial charge in [-0.25, -0.2) is 0 Å². The molecule has 0 radical (unpaired) electrons. The van der Waals surface area contributed by atoms with Crippen LogP contribution in [0.25, 0.3) is 5.57 Å². The number of cyclic esters (lactones) is 1. The molecule has 2 atom stereocenters. The van der Waals surface area contributed by atoms with E-state index in [1.54, 1.807) is 0 Å². The van der Waals surface area contributed by atoms with Crippen LogP contribution in [0.3, 0.4) is 0 Å². The van der Waals surface area contributed by atoms with E-state index in [-0.39, 0.29) is 5.97 Å². The summed E-state index contributed by atoms with van der Waals surface area (Å²) in [5.74, 6) is -0.678. The number of halogens is 2. The van der Waals surface area contributed by atoms with Crippen LogP contribution < -0.4 is 0 Å². The van der Waals surface area contributed by atoms with Gasteiger partial charge in [-0.05, 0) is 41.0 Å². The second-order valence-electron chi connectivity index (χ2n) is 8.38. The van der Waals surface area contributed by atoms with Crippen LogP contribution in [0.15, 0.2) is 115 Å². The number of hydrogen-bond acceptors (Lipinski definition) is 2. The molecule has 34 heavy (non-hydrogen) atoms. The molecule has 4 aromatic carbocycles. The van der Waals surface area contributed by atoms with E-state index in [1.165, 1.54) is 0 Å². The molecule has 4 aromatic rings. The van der Waals surface area contributed by atoms with Crippen molar-refractivity contribution >= 4 is 34.7 Å². The normalized spacial score (nSPS) is 20.2. The summed E-state index contributed by atoms with van der Waals surface area (Å²) in [4.78, 5) is 13.3. The van der Waals surface area contributed by atoms with Gasteiger partial charge in [0, 0.05) is 27.6 Å². The predicted octanol–water partition coefficient (Wildman–Crippen LogP) is 7.93. The minimum Gasteiger partial charge on any atom is -0.449 e. The van der Waals surface area contributed by atoms with Crippen molar-refractivity contribution in [3.05, 3.63) is 148 Å². The van der Waals surface area contributed by atoms with Crippen LogP contribution in [-0.2, 0) is 15.1 Å². The molecule has 0 spiro atoms. The molecular weight excluding hydrogens is 463 g/mol. The molecule has 0 saturated carbocycles. The zero-order valence-corrected chi connectivity index (χ0v) is 19.8. The number of hydrogen-bond donors (Lipinski definition) is 0. The van der Waals surface area contributed by atoms with Crippen LogP contribution in [0.2, 0.25) is 10.0 Å². The molecule has 0 N–H and O–H groups in total. The van der Waals surface area contributed by atoms with E-state index < -0.39 is 11.5 Å². The Balaban J connectivity index is 1.61. The molecule has 0 aliphatic carbocycles. The molecule has 4 heteroatoms. The highest BCUT2D eigenvalue weighted by Crippen LogP contribution is 2.46. The van der Waals surface area contributed by atoms with Gasteiger partial charge in [0.05, 0.1) is 5.92 Å². The molecule has 2 nitrogen and oxygen atoms in total. The minimum absolute atomic E-state index is 0.249. The Morgan fingerprint density at radius 2 is 1.21 bits per heavy atom. The van der Waals surface area contributed by atoms with Gasteiger partial charge in [-0.2, -0.15) is 0 Å². The van der Waals surface area contributed by atoms with Gasteiger partial charge in [0.25, 0.3) is 0 Å². The fourth-order valence-electron chi connectivity index (χ4n) is 4.56. The van der Waals surface area contributed by atoms with E-state index in [1.807, 2.05) is 115 Å². The SMILES string of the molecule is O=C1O[C@](c2ccccc2)(c2ccc(Cl)cc2)C[C@H]1/C=C(/c1ccccc1)c1ccc(Cl)cc1. The molecule has 1 saturated heterocycles. The largest absolute Gasteiger partial charge is 0.449 e. The number of carbonyl (C=O) groups is 1. The Morgan fingerprint density at radius 1 is 0.706 bits per heavy atom. The Morgan fingerprint density at radius 3 is 1.82 bits per heavy atom. The van der Waals surface area contributed by atoms with Gasteiger partial charge < -0.3 is 4.74 Å². The van der Waals surface area contributed by atoms with Gasteiger partial charge in [-0.15, -0.1) is 0 Å². The number of esters is 1. The summed E-state index contributed by atoms with van der Waals surface area (Å²) in [6.07, 6.45) is 2.52. The number of ether oxygens (including phenoxy) is 1. The fraction of sp³-hybridized carbons (Fsp3) is 0.100. The van der Waals surface area contributed by atoms with E-state index in [4.69, 9.17) is 27.9 Å². The van der Waals surface area contributed by atoms with E-state index in [0.717, 1.165) is 27.8 Å². The lowest BCUT2D eigenvalue weighted by atomic mass is 9.80. The summed E-state index contributed by atoms with van der Waals surface area (Å²) in [5.41, 5.74) is 3.95. The number of benzene rings is 4. The van der Waals surface area contributed by atoms with Gasteiger partial charge in [0.2, 0.25) is 0 Å². The Kier molecular flexibility index (Phi) is 6.28. The summed E-state index contributed by atoms with van der Waals surface area (Å²) < 4.78 is 6.22. The first-order valence-corrected chi connectivity index (χ1v) is 11.9. The van der Waals surface area contributed by atoms with Crippen molar-refractivity contribution in [1.82, 2.24) is 0 Å². The second kappa shape index (κ2) is 9.50.